The van der Waals surface area contributed by atoms with Gasteiger partial charge in [0.1, 0.15) is 11.8 Å². The summed E-state index contributed by atoms with van der Waals surface area (Å²) in [5, 5.41) is 9.48. The third-order valence-corrected chi connectivity index (χ3v) is 5.79. The van der Waals surface area contributed by atoms with Gasteiger partial charge in [-0.15, -0.1) is 0 Å². The molecule has 3 aromatic carbocycles. The van der Waals surface area contributed by atoms with Crippen molar-refractivity contribution in [1.82, 2.24) is 0 Å². The molecular weight excluding hydrogens is 398 g/mol. The molecule has 1 heterocycles. The molecule has 5 heteroatoms. The Morgan fingerprint density at radius 1 is 1.03 bits per heavy atom. The van der Waals surface area contributed by atoms with E-state index < -0.39 is 12.1 Å². The van der Waals surface area contributed by atoms with Crippen LogP contribution in [-0.2, 0) is 11.2 Å². The van der Waals surface area contributed by atoms with Crippen molar-refractivity contribution in [2.45, 2.75) is 18.5 Å². The minimum Gasteiger partial charge on any atom is -0.508 e. The summed E-state index contributed by atoms with van der Waals surface area (Å²) in [6, 6.07) is 21.4. The number of phenolic OH excluding ortho intramolecular Hbond substituents is 1. The van der Waals surface area contributed by atoms with Crippen molar-refractivity contribution in [3.63, 3.8) is 0 Å². The Kier molecular flexibility index (Phi) is 6.10. The van der Waals surface area contributed by atoms with Gasteiger partial charge in [-0.1, -0.05) is 54.6 Å². The second-order valence-corrected chi connectivity index (χ2v) is 8.07. The maximum Gasteiger partial charge on any atom is 0.176 e. The number of allylic oxidation sites excluding steroid dienone is 2. The number of fused-ring (bicyclic) bond motifs is 1. The number of benzene rings is 3. The number of likely N-dealkylation sites (N-methyl/N-ethyl adjacent to an activating group) is 1. The second-order valence-electron chi connectivity index (χ2n) is 8.07. The van der Waals surface area contributed by atoms with Crippen molar-refractivity contribution in [3.05, 3.63) is 102 Å². The van der Waals surface area contributed by atoms with Crippen LogP contribution in [0.3, 0.4) is 0 Å². The largest absolute Gasteiger partial charge is 0.508 e. The van der Waals surface area contributed by atoms with Crippen molar-refractivity contribution in [2.75, 3.05) is 17.7 Å². The molecule has 0 fully saturated rings. The summed E-state index contributed by atoms with van der Waals surface area (Å²) >= 11 is 0. The van der Waals surface area contributed by atoms with Crippen LogP contribution < -0.4 is 16.4 Å². The summed E-state index contributed by atoms with van der Waals surface area (Å²) < 4.78 is 0. The summed E-state index contributed by atoms with van der Waals surface area (Å²) in [5.74, 6) is 0.145. The molecule has 5 nitrogen and oxygen atoms in total. The third-order valence-electron chi connectivity index (χ3n) is 5.79. The van der Waals surface area contributed by atoms with Gasteiger partial charge in [0.25, 0.3) is 0 Å². The van der Waals surface area contributed by atoms with Gasteiger partial charge >= 0.3 is 0 Å². The Morgan fingerprint density at radius 3 is 2.44 bits per heavy atom. The average molecular weight is 426 g/mol. The van der Waals surface area contributed by atoms with E-state index in [1.807, 2.05) is 72.6 Å². The summed E-state index contributed by atoms with van der Waals surface area (Å²) in [5.41, 5.74) is 17.8. The van der Waals surface area contributed by atoms with E-state index in [2.05, 4.69) is 6.07 Å². The molecule has 162 valence electrons. The van der Waals surface area contributed by atoms with E-state index >= 15 is 0 Å². The number of hydrogen-bond donors (Lipinski definition) is 3. The Balaban J connectivity index is 1.62. The molecule has 0 radical (unpaired) electrons. The molecule has 3 aromatic rings. The fraction of sp³-hybridized carbons (Fsp3) is 0.148. The minimum absolute atomic E-state index is 0.0477. The number of ketones is 1. The molecule has 0 spiro atoms. The molecule has 1 aliphatic heterocycles. The van der Waals surface area contributed by atoms with E-state index in [-0.39, 0.29) is 11.5 Å². The topological polar surface area (TPSA) is 92.6 Å². The van der Waals surface area contributed by atoms with Crippen LogP contribution in [0, 0.1) is 0 Å². The van der Waals surface area contributed by atoms with E-state index in [1.54, 1.807) is 24.3 Å². The van der Waals surface area contributed by atoms with Gasteiger partial charge in [0.05, 0.1) is 6.04 Å². The van der Waals surface area contributed by atoms with Crippen molar-refractivity contribution >= 4 is 28.8 Å². The van der Waals surface area contributed by atoms with E-state index in [0.717, 1.165) is 33.6 Å². The van der Waals surface area contributed by atoms with Crippen molar-refractivity contribution in [3.8, 4) is 5.75 Å². The molecule has 0 amide bonds. The molecule has 0 bridgehead atoms. The van der Waals surface area contributed by atoms with Gasteiger partial charge in [-0.3, -0.25) is 4.79 Å². The van der Waals surface area contributed by atoms with E-state index in [9.17, 15) is 9.90 Å². The van der Waals surface area contributed by atoms with Gasteiger partial charge in [-0.05, 0) is 59.5 Å². The highest BCUT2D eigenvalue weighted by atomic mass is 16.3. The number of nitrogen functional groups attached to an aromatic ring is 1. The van der Waals surface area contributed by atoms with Gasteiger partial charge < -0.3 is 21.5 Å². The first-order valence-corrected chi connectivity index (χ1v) is 10.6. The highest BCUT2D eigenvalue weighted by molar-refractivity contribution is 6.00. The lowest BCUT2D eigenvalue weighted by Crippen LogP contribution is -2.48. The predicted octanol–water partition coefficient (Wildman–Crippen LogP) is 4.03. The fourth-order valence-corrected chi connectivity index (χ4v) is 3.96. The second kappa shape index (κ2) is 9.12. The number of carbonyl (C=O) groups excluding carboxylic acids is 1. The van der Waals surface area contributed by atoms with Crippen LogP contribution in [0.25, 0.3) is 11.6 Å². The van der Waals surface area contributed by atoms with Crippen molar-refractivity contribution < 1.29 is 9.90 Å². The van der Waals surface area contributed by atoms with Crippen LogP contribution in [0.5, 0.6) is 5.75 Å². The number of nitrogens with two attached hydrogens (primary N) is 2. The lowest BCUT2D eigenvalue weighted by atomic mass is 9.90. The van der Waals surface area contributed by atoms with Crippen molar-refractivity contribution in [2.24, 2.45) is 5.73 Å². The van der Waals surface area contributed by atoms with Gasteiger partial charge in [-0.25, -0.2) is 0 Å². The first-order chi connectivity index (χ1) is 15.4. The molecule has 2 atom stereocenters. The SMILES string of the molecule is CN1c2ccccc2C(C=Cc2ccc(N)cc2)=CC1C(=O)C(N)Cc1ccc(O)cc1. The third kappa shape index (κ3) is 4.58. The highest BCUT2D eigenvalue weighted by Crippen LogP contribution is 2.35. The summed E-state index contributed by atoms with van der Waals surface area (Å²) in [6.45, 7) is 0. The number of carbonyl (C=O) groups is 1. The predicted molar refractivity (Wildman–Crippen MR) is 131 cm³/mol. The van der Waals surface area contributed by atoms with Crippen molar-refractivity contribution in [1.29, 1.82) is 0 Å². The number of rotatable bonds is 6. The first kappa shape index (κ1) is 21.4. The number of para-hydroxylation sites is 1. The van der Waals surface area contributed by atoms with Gasteiger partial charge in [0.2, 0.25) is 0 Å². The lowest BCUT2D eigenvalue weighted by molar-refractivity contribution is -0.120. The van der Waals surface area contributed by atoms with Crippen LogP contribution >= 0.6 is 0 Å². The zero-order valence-corrected chi connectivity index (χ0v) is 18.0. The van der Waals surface area contributed by atoms with Crippen LogP contribution in [0.2, 0.25) is 0 Å². The quantitative estimate of drug-likeness (QED) is 0.519. The molecule has 1 aliphatic rings. The average Bonchev–Trinajstić information content (AvgIpc) is 2.81. The molecular formula is C27H27N3O2. The number of hydrogen-bond acceptors (Lipinski definition) is 5. The fourth-order valence-electron chi connectivity index (χ4n) is 3.96. The highest BCUT2D eigenvalue weighted by Gasteiger charge is 2.31. The molecule has 0 aliphatic carbocycles. The van der Waals surface area contributed by atoms with Gasteiger partial charge in [0, 0.05) is 24.0 Å². The number of phenols is 1. The van der Waals surface area contributed by atoms with Crippen LogP contribution in [0.4, 0.5) is 11.4 Å². The minimum atomic E-state index is -0.657. The van der Waals surface area contributed by atoms with E-state index in [1.165, 1.54) is 0 Å². The lowest BCUT2D eigenvalue weighted by Gasteiger charge is -2.34. The molecule has 0 saturated carbocycles. The summed E-state index contributed by atoms with van der Waals surface area (Å²) in [6.07, 6.45) is 6.44. The smallest absolute Gasteiger partial charge is 0.176 e. The Morgan fingerprint density at radius 2 is 1.72 bits per heavy atom. The zero-order chi connectivity index (χ0) is 22.7. The maximum atomic E-state index is 13.3. The monoisotopic (exact) mass is 425 g/mol. The standard InChI is InChI=1S/C27H27N3O2/c1-30-25-5-3-2-4-23(25)20(11-6-18-7-12-21(28)13-8-18)17-26(30)27(32)24(29)16-19-9-14-22(31)15-10-19/h2-15,17,24,26,31H,16,28-29H2,1H3. The van der Waals surface area contributed by atoms with Crippen LogP contribution in [0.15, 0.2) is 84.9 Å². The summed E-state index contributed by atoms with van der Waals surface area (Å²) in [7, 11) is 1.92. The maximum absolute atomic E-state index is 13.3. The number of aromatic hydroxyl groups is 1. The molecule has 0 aromatic heterocycles. The zero-order valence-electron chi connectivity index (χ0n) is 18.0. The Hall–Kier alpha value is -3.83. The Bertz CT molecular complexity index is 1160. The number of Topliss-reactive ketones (excluding diaryl/α,β-unsaturated/α-hetero) is 1. The molecule has 0 saturated heterocycles. The molecule has 4 rings (SSSR count). The first-order valence-electron chi connectivity index (χ1n) is 10.6. The van der Waals surface area contributed by atoms with E-state index in [0.29, 0.717) is 6.42 Å². The molecule has 32 heavy (non-hydrogen) atoms. The van der Waals surface area contributed by atoms with Crippen LogP contribution in [-0.4, -0.2) is 30.0 Å². The normalized spacial score (nSPS) is 16.5. The number of nitrogens with zero attached hydrogens (tertiary/aromatic N) is 1. The van der Waals surface area contributed by atoms with E-state index in [4.69, 9.17) is 11.5 Å². The van der Waals surface area contributed by atoms with Gasteiger partial charge in [0.15, 0.2) is 5.78 Å². The van der Waals surface area contributed by atoms with Gasteiger partial charge in [-0.2, -0.15) is 0 Å². The van der Waals surface area contributed by atoms with Crippen LogP contribution in [0.1, 0.15) is 16.7 Å². The summed E-state index contributed by atoms with van der Waals surface area (Å²) in [4.78, 5) is 15.3. The Labute approximate surface area is 188 Å². The number of anilines is 2. The molecule has 2 unspecified atom stereocenters. The molecule has 5 N–H and O–H groups in total.